The fourth-order valence-electron chi connectivity index (χ4n) is 1.78. The average molecular weight is 231 g/mol. The number of hydrogen-bond acceptors (Lipinski definition) is 3. The molecule has 0 amide bonds. The molecule has 88 valence electrons. The van der Waals surface area contributed by atoms with E-state index in [1.807, 2.05) is 32.2 Å². The smallest absolute Gasteiger partial charge is 0.309 e. The quantitative estimate of drug-likeness (QED) is 0.867. The zero-order valence-electron chi connectivity index (χ0n) is 9.71. The fraction of sp³-hybridized carbons (Fsp3) is 0.250. The summed E-state index contributed by atoms with van der Waals surface area (Å²) in [6.45, 7) is 1.81. The van der Waals surface area contributed by atoms with E-state index in [0.29, 0.717) is 11.5 Å². The van der Waals surface area contributed by atoms with Gasteiger partial charge in [0.1, 0.15) is 5.69 Å². The van der Waals surface area contributed by atoms with Gasteiger partial charge in [0.25, 0.3) is 0 Å². The molecule has 2 aromatic rings. The number of rotatable bonds is 3. The maximum Gasteiger partial charge on any atom is 0.309 e. The summed E-state index contributed by atoms with van der Waals surface area (Å²) in [5, 5.41) is 8.84. The maximum absolute atomic E-state index is 10.8. The van der Waals surface area contributed by atoms with Crippen LogP contribution >= 0.6 is 0 Å². The molecule has 1 N–H and O–H groups in total. The summed E-state index contributed by atoms with van der Waals surface area (Å²) in [7, 11) is 1.81. The first-order valence-electron chi connectivity index (χ1n) is 5.25. The van der Waals surface area contributed by atoms with E-state index in [0.717, 1.165) is 11.4 Å². The molecular formula is C12H13N3O2. The fourth-order valence-corrected chi connectivity index (χ4v) is 1.78. The summed E-state index contributed by atoms with van der Waals surface area (Å²) >= 11 is 0. The van der Waals surface area contributed by atoms with E-state index in [1.54, 1.807) is 10.8 Å². The molecule has 0 saturated carbocycles. The first-order valence-corrected chi connectivity index (χ1v) is 5.25. The predicted molar refractivity (Wildman–Crippen MR) is 62.5 cm³/mol. The first kappa shape index (κ1) is 11.3. The monoisotopic (exact) mass is 231 g/mol. The average Bonchev–Trinajstić information content (AvgIpc) is 2.58. The summed E-state index contributed by atoms with van der Waals surface area (Å²) in [6, 6.07) is 5.56. The van der Waals surface area contributed by atoms with Crippen LogP contribution in [0.2, 0.25) is 0 Å². The Morgan fingerprint density at radius 2 is 2.24 bits per heavy atom. The Morgan fingerprint density at radius 1 is 1.47 bits per heavy atom. The second-order valence-electron chi connectivity index (χ2n) is 3.81. The third kappa shape index (κ3) is 2.18. The molecule has 0 bridgehead atoms. The topological polar surface area (TPSA) is 68.0 Å². The number of hydrogen-bond donors (Lipinski definition) is 1. The molecule has 0 unspecified atom stereocenters. The number of carboxylic acids is 1. The van der Waals surface area contributed by atoms with E-state index in [4.69, 9.17) is 5.11 Å². The van der Waals surface area contributed by atoms with Gasteiger partial charge >= 0.3 is 5.97 Å². The van der Waals surface area contributed by atoms with Gasteiger partial charge in [-0.05, 0) is 19.1 Å². The summed E-state index contributed by atoms with van der Waals surface area (Å²) in [5.41, 5.74) is 2.18. The van der Waals surface area contributed by atoms with E-state index in [2.05, 4.69) is 9.97 Å². The number of aliphatic carboxylic acids is 1. The van der Waals surface area contributed by atoms with Crippen LogP contribution < -0.4 is 0 Å². The number of carbonyl (C=O) groups is 1. The highest BCUT2D eigenvalue weighted by atomic mass is 16.4. The minimum atomic E-state index is -0.858. The molecule has 0 aliphatic carbocycles. The van der Waals surface area contributed by atoms with Crippen LogP contribution in [0.4, 0.5) is 0 Å². The standard InChI is InChI=1S/C12H13N3O2/c1-8-10(7-11(16)17)15(2)12(14-8)9-5-3-4-6-13-9/h3-6H,7H2,1-2H3,(H,16,17). The minimum Gasteiger partial charge on any atom is -0.481 e. The largest absolute Gasteiger partial charge is 0.481 e. The van der Waals surface area contributed by atoms with E-state index in [1.165, 1.54) is 0 Å². The van der Waals surface area contributed by atoms with Gasteiger partial charge in [0.15, 0.2) is 5.82 Å². The number of nitrogens with zero attached hydrogens (tertiary/aromatic N) is 3. The van der Waals surface area contributed by atoms with Gasteiger partial charge in [0.2, 0.25) is 0 Å². The van der Waals surface area contributed by atoms with E-state index >= 15 is 0 Å². The van der Waals surface area contributed by atoms with Crippen LogP contribution in [0, 0.1) is 6.92 Å². The summed E-state index contributed by atoms with van der Waals surface area (Å²) in [4.78, 5) is 19.3. The van der Waals surface area contributed by atoms with Crippen molar-refractivity contribution in [1.82, 2.24) is 14.5 Å². The minimum absolute atomic E-state index is 0.0256. The highest BCUT2D eigenvalue weighted by molar-refractivity contribution is 5.70. The molecule has 0 aromatic carbocycles. The van der Waals surface area contributed by atoms with Crippen LogP contribution in [0.25, 0.3) is 11.5 Å². The molecule has 2 heterocycles. The Labute approximate surface area is 98.8 Å². The Hall–Kier alpha value is -2.17. The van der Waals surface area contributed by atoms with E-state index in [-0.39, 0.29) is 6.42 Å². The molecule has 0 aliphatic heterocycles. The van der Waals surface area contributed by atoms with Gasteiger partial charge in [0.05, 0.1) is 17.8 Å². The molecule has 0 radical (unpaired) electrons. The van der Waals surface area contributed by atoms with Crippen molar-refractivity contribution in [3.8, 4) is 11.5 Å². The van der Waals surface area contributed by atoms with Crippen molar-refractivity contribution in [2.75, 3.05) is 0 Å². The Balaban J connectivity index is 2.48. The van der Waals surface area contributed by atoms with E-state index in [9.17, 15) is 4.79 Å². The van der Waals surface area contributed by atoms with Crippen molar-refractivity contribution in [2.45, 2.75) is 13.3 Å². The van der Waals surface area contributed by atoms with Crippen molar-refractivity contribution in [1.29, 1.82) is 0 Å². The molecule has 5 nitrogen and oxygen atoms in total. The normalized spacial score (nSPS) is 10.5. The lowest BCUT2D eigenvalue weighted by molar-refractivity contribution is -0.136. The second-order valence-corrected chi connectivity index (χ2v) is 3.81. The number of aromatic nitrogens is 3. The van der Waals surface area contributed by atoms with Crippen LogP contribution in [0.3, 0.4) is 0 Å². The number of carboxylic acid groups (broad SMARTS) is 1. The highest BCUT2D eigenvalue weighted by Crippen LogP contribution is 2.19. The zero-order valence-corrected chi connectivity index (χ0v) is 9.71. The summed E-state index contributed by atoms with van der Waals surface area (Å²) in [5.74, 6) is -0.164. The molecular weight excluding hydrogens is 218 g/mol. The number of aryl methyl sites for hydroxylation is 1. The predicted octanol–water partition coefficient (Wildman–Crippen LogP) is 1.42. The van der Waals surface area contributed by atoms with Crippen molar-refractivity contribution >= 4 is 5.97 Å². The van der Waals surface area contributed by atoms with Gasteiger partial charge in [-0.15, -0.1) is 0 Å². The molecule has 0 saturated heterocycles. The zero-order chi connectivity index (χ0) is 12.4. The van der Waals surface area contributed by atoms with Gasteiger partial charge < -0.3 is 9.67 Å². The van der Waals surface area contributed by atoms with Crippen LogP contribution in [0.5, 0.6) is 0 Å². The first-order chi connectivity index (χ1) is 8.09. The van der Waals surface area contributed by atoms with Crippen molar-refractivity contribution < 1.29 is 9.90 Å². The highest BCUT2D eigenvalue weighted by Gasteiger charge is 2.15. The lowest BCUT2D eigenvalue weighted by Crippen LogP contribution is -2.07. The molecule has 5 heteroatoms. The third-order valence-corrected chi connectivity index (χ3v) is 2.63. The molecule has 17 heavy (non-hydrogen) atoms. The molecule has 2 rings (SSSR count). The van der Waals surface area contributed by atoms with Crippen LogP contribution in [0.15, 0.2) is 24.4 Å². The lowest BCUT2D eigenvalue weighted by atomic mass is 10.2. The SMILES string of the molecule is Cc1nc(-c2ccccn2)n(C)c1CC(=O)O. The molecule has 0 atom stereocenters. The number of imidazole rings is 1. The van der Waals surface area contributed by atoms with Crippen molar-refractivity contribution in [2.24, 2.45) is 7.05 Å². The molecule has 0 spiro atoms. The van der Waals surface area contributed by atoms with Crippen molar-refractivity contribution in [3.63, 3.8) is 0 Å². The van der Waals surface area contributed by atoms with Gasteiger partial charge in [-0.1, -0.05) is 6.07 Å². The lowest BCUT2D eigenvalue weighted by Gasteiger charge is -2.03. The maximum atomic E-state index is 10.8. The molecule has 0 fully saturated rings. The third-order valence-electron chi connectivity index (χ3n) is 2.63. The van der Waals surface area contributed by atoms with Gasteiger partial charge in [-0.3, -0.25) is 9.78 Å². The Morgan fingerprint density at radius 3 is 2.82 bits per heavy atom. The van der Waals surface area contributed by atoms with Crippen LogP contribution in [-0.2, 0) is 18.3 Å². The van der Waals surface area contributed by atoms with Gasteiger partial charge in [0, 0.05) is 13.2 Å². The van der Waals surface area contributed by atoms with Gasteiger partial charge in [-0.25, -0.2) is 4.98 Å². The second kappa shape index (κ2) is 4.37. The van der Waals surface area contributed by atoms with Gasteiger partial charge in [-0.2, -0.15) is 0 Å². The summed E-state index contributed by atoms with van der Waals surface area (Å²) < 4.78 is 1.78. The summed E-state index contributed by atoms with van der Waals surface area (Å²) in [6.07, 6.45) is 1.67. The van der Waals surface area contributed by atoms with E-state index < -0.39 is 5.97 Å². The Kier molecular flexibility index (Phi) is 2.91. The van der Waals surface area contributed by atoms with Crippen molar-refractivity contribution in [3.05, 3.63) is 35.8 Å². The number of pyridine rings is 1. The molecule has 2 aromatic heterocycles. The van der Waals surface area contributed by atoms with Crippen LogP contribution in [-0.4, -0.2) is 25.6 Å². The molecule has 0 aliphatic rings. The van der Waals surface area contributed by atoms with Crippen LogP contribution in [0.1, 0.15) is 11.4 Å². The Bertz CT molecular complexity index is 546.